The maximum Gasteiger partial charge on any atom is 0.309 e. The van der Waals surface area contributed by atoms with Crippen molar-refractivity contribution in [3.05, 3.63) is 33.2 Å². The first-order valence-electron chi connectivity index (χ1n) is 4.14. The molecule has 1 aromatic heterocycles. The van der Waals surface area contributed by atoms with Gasteiger partial charge in [0.2, 0.25) is 0 Å². The molecule has 0 saturated heterocycles. The predicted molar refractivity (Wildman–Crippen MR) is 48.1 cm³/mol. The lowest BCUT2D eigenvalue weighted by molar-refractivity contribution is -0.136. The number of hydrogen-bond acceptors (Lipinski definition) is 2. The molecule has 0 radical (unpaired) electrons. The minimum Gasteiger partial charge on any atom is -0.481 e. The summed E-state index contributed by atoms with van der Waals surface area (Å²) in [5, 5.41) is 8.47. The van der Waals surface area contributed by atoms with Crippen molar-refractivity contribution >= 4 is 5.97 Å². The Kier molecular flexibility index (Phi) is 3.18. The molecule has 0 fully saturated rings. The van der Waals surface area contributed by atoms with E-state index in [0.717, 1.165) is 6.07 Å². The van der Waals surface area contributed by atoms with Crippen molar-refractivity contribution < 1.29 is 18.7 Å². The molecule has 1 aromatic rings. The molecule has 0 aromatic carbocycles. The lowest BCUT2D eigenvalue weighted by Crippen LogP contribution is -2.17. The smallest absolute Gasteiger partial charge is 0.309 e. The van der Waals surface area contributed by atoms with E-state index in [-0.39, 0.29) is 11.3 Å². The number of carboxylic acid groups (broad SMARTS) is 1. The number of aromatic amines is 1. The molecule has 0 bridgehead atoms. The Balaban J connectivity index is 3.28. The first-order chi connectivity index (χ1) is 6.91. The fraction of sp³-hybridized carbons (Fsp3) is 0.333. The summed E-state index contributed by atoms with van der Waals surface area (Å²) in [6, 6.07) is 1.02. The van der Waals surface area contributed by atoms with Gasteiger partial charge in [0.05, 0.1) is 6.42 Å². The monoisotopic (exact) mass is 217 g/mol. The van der Waals surface area contributed by atoms with Gasteiger partial charge in [-0.05, 0) is 13.0 Å². The average molecular weight is 217 g/mol. The molecule has 82 valence electrons. The van der Waals surface area contributed by atoms with Crippen molar-refractivity contribution in [2.24, 2.45) is 0 Å². The zero-order valence-corrected chi connectivity index (χ0v) is 7.88. The molecule has 0 spiro atoms. The Bertz CT molecular complexity index is 439. The molecule has 0 atom stereocenters. The van der Waals surface area contributed by atoms with Gasteiger partial charge in [-0.2, -0.15) is 0 Å². The zero-order valence-electron chi connectivity index (χ0n) is 7.88. The van der Waals surface area contributed by atoms with Gasteiger partial charge in [0.1, 0.15) is 0 Å². The Hall–Kier alpha value is -1.72. The van der Waals surface area contributed by atoms with E-state index in [0.29, 0.717) is 0 Å². The first-order valence-corrected chi connectivity index (χ1v) is 4.14. The summed E-state index contributed by atoms with van der Waals surface area (Å²) in [7, 11) is 0. The number of rotatable bonds is 3. The van der Waals surface area contributed by atoms with Crippen LogP contribution in [0.4, 0.5) is 8.78 Å². The molecule has 0 aliphatic carbocycles. The van der Waals surface area contributed by atoms with Crippen LogP contribution >= 0.6 is 0 Å². The van der Waals surface area contributed by atoms with Gasteiger partial charge in [-0.1, -0.05) is 0 Å². The van der Waals surface area contributed by atoms with Gasteiger partial charge >= 0.3 is 5.97 Å². The van der Waals surface area contributed by atoms with Crippen molar-refractivity contribution in [1.82, 2.24) is 4.98 Å². The van der Waals surface area contributed by atoms with Gasteiger partial charge in [0.15, 0.2) is 0 Å². The number of nitrogens with one attached hydrogen (secondary N) is 1. The molecular formula is C9H9F2NO3. The number of H-pyrrole nitrogens is 1. The van der Waals surface area contributed by atoms with Crippen LogP contribution in [0.2, 0.25) is 0 Å². The van der Waals surface area contributed by atoms with Crippen LogP contribution in [-0.2, 0) is 11.2 Å². The van der Waals surface area contributed by atoms with Crippen molar-refractivity contribution in [2.75, 3.05) is 0 Å². The highest BCUT2D eigenvalue weighted by atomic mass is 19.3. The molecule has 0 unspecified atom stereocenters. The number of carbonyl (C=O) groups is 1. The maximum atomic E-state index is 12.5. The Morgan fingerprint density at radius 1 is 1.60 bits per heavy atom. The molecule has 0 amide bonds. The van der Waals surface area contributed by atoms with Crippen LogP contribution in [0, 0.1) is 6.92 Å². The highest BCUT2D eigenvalue weighted by molar-refractivity contribution is 5.70. The second kappa shape index (κ2) is 4.20. The third-order valence-electron chi connectivity index (χ3n) is 1.91. The van der Waals surface area contributed by atoms with E-state index in [4.69, 9.17) is 5.11 Å². The summed E-state index contributed by atoms with van der Waals surface area (Å²) in [5.41, 5.74) is -1.09. The summed E-state index contributed by atoms with van der Waals surface area (Å²) < 4.78 is 24.9. The van der Waals surface area contributed by atoms with Crippen LogP contribution < -0.4 is 5.56 Å². The van der Waals surface area contributed by atoms with Crippen LogP contribution in [0.15, 0.2) is 10.9 Å². The Morgan fingerprint density at radius 3 is 2.67 bits per heavy atom. The molecule has 1 rings (SSSR count). The zero-order chi connectivity index (χ0) is 11.6. The Labute approximate surface area is 83.6 Å². The lowest BCUT2D eigenvalue weighted by atomic mass is 10.1. The summed E-state index contributed by atoms with van der Waals surface area (Å²) in [6.07, 6.45) is -3.41. The fourth-order valence-corrected chi connectivity index (χ4v) is 1.19. The highest BCUT2D eigenvalue weighted by Crippen LogP contribution is 2.21. The third kappa shape index (κ3) is 2.61. The molecule has 0 aliphatic rings. The number of hydrogen-bond donors (Lipinski definition) is 2. The minimum atomic E-state index is -2.80. The van der Waals surface area contributed by atoms with Crippen molar-refractivity contribution in [3.63, 3.8) is 0 Å². The summed E-state index contributed by atoms with van der Waals surface area (Å²) in [4.78, 5) is 23.6. The minimum absolute atomic E-state index is 0.138. The second-order valence-corrected chi connectivity index (χ2v) is 3.09. The molecule has 1 heterocycles. The first kappa shape index (κ1) is 11.4. The fourth-order valence-electron chi connectivity index (χ4n) is 1.19. The van der Waals surface area contributed by atoms with Gasteiger partial charge in [0.25, 0.3) is 12.0 Å². The number of carboxylic acids is 1. The third-order valence-corrected chi connectivity index (χ3v) is 1.91. The van der Waals surface area contributed by atoms with E-state index in [1.807, 2.05) is 0 Å². The van der Waals surface area contributed by atoms with E-state index in [9.17, 15) is 18.4 Å². The molecule has 6 heteroatoms. The average Bonchev–Trinajstić information content (AvgIpc) is 2.09. The second-order valence-electron chi connectivity index (χ2n) is 3.09. The number of aryl methyl sites for hydroxylation is 1. The van der Waals surface area contributed by atoms with E-state index >= 15 is 0 Å². The van der Waals surface area contributed by atoms with Gasteiger partial charge in [-0.3, -0.25) is 9.59 Å². The summed E-state index contributed by atoms with van der Waals surface area (Å²) in [6.45, 7) is 1.38. The molecule has 0 saturated carbocycles. The predicted octanol–water partition coefficient (Wildman–Crippen LogP) is 1.25. The van der Waals surface area contributed by atoms with Gasteiger partial charge in [-0.15, -0.1) is 0 Å². The summed E-state index contributed by atoms with van der Waals surface area (Å²) >= 11 is 0. The standard InChI is InChI=1S/C9H9F2NO3/c1-4-2-5(8(10)11)6(3-7(13)14)12-9(4)15/h2,8H,3H2,1H3,(H,12,15)(H,13,14). The highest BCUT2D eigenvalue weighted by Gasteiger charge is 2.17. The number of halogens is 2. The van der Waals surface area contributed by atoms with Crippen molar-refractivity contribution in [2.45, 2.75) is 19.8 Å². The van der Waals surface area contributed by atoms with Gasteiger partial charge < -0.3 is 10.1 Å². The van der Waals surface area contributed by atoms with E-state index in [2.05, 4.69) is 4.98 Å². The molecule has 4 nitrogen and oxygen atoms in total. The molecular weight excluding hydrogens is 208 g/mol. The quantitative estimate of drug-likeness (QED) is 0.800. The topological polar surface area (TPSA) is 70.2 Å². The van der Waals surface area contributed by atoms with E-state index in [1.165, 1.54) is 6.92 Å². The maximum absolute atomic E-state index is 12.5. The van der Waals surface area contributed by atoms with Crippen LogP contribution in [0.1, 0.15) is 23.2 Å². The van der Waals surface area contributed by atoms with Crippen molar-refractivity contribution in [3.8, 4) is 0 Å². The van der Waals surface area contributed by atoms with Gasteiger partial charge in [0, 0.05) is 16.8 Å². The number of aliphatic carboxylic acids is 1. The normalized spacial score (nSPS) is 10.7. The van der Waals surface area contributed by atoms with Crippen LogP contribution in [0.3, 0.4) is 0 Å². The van der Waals surface area contributed by atoms with Crippen LogP contribution in [-0.4, -0.2) is 16.1 Å². The molecule has 0 aliphatic heterocycles. The largest absolute Gasteiger partial charge is 0.481 e. The summed E-state index contributed by atoms with van der Waals surface area (Å²) in [5.74, 6) is -1.27. The molecule has 15 heavy (non-hydrogen) atoms. The molecule has 2 N–H and O–H groups in total. The SMILES string of the molecule is Cc1cc(C(F)F)c(CC(=O)O)[nH]c1=O. The number of alkyl halides is 2. The number of pyridine rings is 1. The van der Waals surface area contributed by atoms with Gasteiger partial charge in [-0.25, -0.2) is 8.78 Å². The number of aromatic nitrogens is 1. The lowest BCUT2D eigenvalue weighted by Gasteiger charge is -2.07. The Morgan fingerprint density at radius 2 is 2.20 bits per heavy atom. The van der Waals surface area contributed by atoms with E-state index in [1.54, 1.807) is 0 Å². The van der Waals surface area contributed by atoms with E-state index < -0.39 is 29.9 Å². The van der Waals surface area contributed by atoms with Crippen molar-refractivity contribution in [1.29, 1.82) is 0 Å². The van der Waals surface area contributed by atoms with Crippen LogP contribution in [0.5, 0.6) is 0 Å². The van der Waals surface area contributed by atoms with Crippen LogP contribution in [0.25, 0.3) is 0 Å².